The second-order valence-electron chi connectivity index (χ2n) is 6.83. The molecule has 0 aromatic heterocycles. The molecule has 2 aromatic rings. The van der Waals surface area contributed by atoms with Gasteiger partial charge >= 0.3 is 5.97 Å². The van der Waals surface area contributed by atoms with Gasteiger partial charge in [-0.25, -0.2) is 0 Å². The smallest absolute Gasteiger partial charge is 0.304 e. The SMILES string of the molecule is NC(=O)C(c1ccccc1)(c1ccccc1)C1CCN(CCC(=O)O)C1. The minimum Gasteiger partial charge on any atom is -0.481 e. The quantitative estimate of drug-likeness (QED) is 0.801. The van der Waals surface area contributed by atoms with Crippen LogP contribution < -0.4 is 5.73 Å². The van der Waals surface area contributed by atoms with Crippen LogP contribution in [0.5, 0.6) is 0 Å². The van der Waals surface area contributed by atoms with E-state index < -0.39 is 11.4 Å². The fourth-order valence-electron chi connectivity index (χ4n) is 4.17. The molecule has 3 N–H and O–H groups in total. The Labute approximate surface area is 153 Å². The van der Waals surface area contributed by atoms with Gasteiger partial charge in [0, 0.05) is 13.1 Å². The van der Waals surface area contributed by atoms with Crippen LogP contribution in [0.2, 0.25) is 0 Å². The van der Waals surface area contributed by atoms with Gasteiger partial charge in [0.15, 0.2) is 0 Å². The number of hydrogen-bond donors (Lipinski definition) is 2. The molecule has 0 bridgehead atoms. The minimum absolute atomic E-state index is 0.00130. The van der Waals surface area contributed by atoms with E-state index in [0.29, 0.717) is 13.1 Å². The Morgan fingerprint density at radius 2 is 1.58 bits per heavy atom. The van der Waals surface area contributed by atoms with E-state index in [1.165, 1.54) is 0 Å². The largest absolute Gasteiger partial charge is 0.481 e. The Kier molecular flexibility index (Phi) is 5.38. The first-order chi connectivity index (χ1) is 12.5. The fourth-order valence-corrected chi connectivity index (χ4v) is 4.17. The van der Waals surface area contributed by atoms with E-state index in [-0.39, 0.29) is 18.2 Å². The molecule has 1 amide bonds. The van der Waals surface area contributed by atoms with Gasteiger partial charge in [-0.15, -0.1) is 0 Å². The van der Waals surface area contributed by atoms with Gasteiger partial charge in [0.1, 0.15) is 5.41 Å². The number of nitrogens with zero attached hydrogens (tertiary/aromatic N) is 1. The highest BCUT2D eigenvalue weighted by atomic mass is 16.4. The zero-order valence-corrected chi connectivity index (χ0v) is 14.7. The van der Waals surface area contributed by atoms with Gasteiger partial charge in [0.05, 0.1) is 6.42 Å². The number of benzene rings is 2. The molecule has 1 saturated heterocycles. The van der Waals surface area contributed by atoms with Gasteiger partial charge in [-0.05, 0) is 30.0 Å². The molecular formula is C21H24N2O3. The number of hydrogen-bond acceptors (Lipinski definition) is 3. The monoisotopic (exact) mass is 352 g/mol. The molecule has 1 atom stereocenters. The van der Waals surface area contributed by atoms with Crippen molar-refractivity contribution in [2.24, 2.45) is 11.7 Å². The molecule has 1 fully saturated rings. The maximum atomic E-state index is 12.9. The summed E-state index contributed by atoms with van der Waals surface area (Å²) in [6.07, 6.45) is 0.902. The standard InChI is InChI=1S/C21H24N2O3/c22-20(26)21(16-7-3-1-4-8-16,17-9-5-2-6-10-17)18-11-13-23(15-18)14-12-19(24)25/h1-10,18H,11-15H2,(H2,22,26)(H,24,25). The average Bonchev–Trinajstić information content (AvgIpc) is 3.11. The highest BCUT2D eigenvalue weighted by Crippen LogP contribution is 2.43. The van der Waals surface area contributed by atoms with Crippen LogP contribution in [-0.4, -0.2) is 41.5 Å². The molecule has 26 heavy (non-hydrogen) atoms. The molecule has 5 heteroatoms. The summed E-state index contributed by atoms with van der Waals surface area (Å²) in [5, 5.41) is 8.94. The molecule has 136 valence electrons. The molecule has 0 radical (unpaired) electrons. The summed E-state index contributed by atoms with van der Waals surface area (Å²) in [4.78, 5) is 25.9. The van der Waals surface area contributed by atoms with Crippen molar-refractivity contribution in [3.05, 3.63) is 71.8 Å². The minimum atomic E-state index is -0.916. The van der Waals surface area contributed by atoms with Crippen molar-refractivity contribution in [3.8, 4) is 0 Å². The number of rotatable bonds is 7. The van der Waals surface area contributed by atoms with Crippen LogP contribution in [0.4, 0.5) is 0 Å². The zero-order valence-electron chi connectivity index (χ0n) is 14.7. The van der Waals surface area contributed by atoms with Gasteiger partial charge in [-0.1, -0.05) is 60.7 Å². The second-order valence-corrected chi connectivity index (χ2v) is 6.83. The predicted octanol–water partition coefficient (Wildman–Crippen LogP) is 2.25. The Morgan fingerprint density at radius 3 is 2.04 bits per heavy atom. The topological polar surface area (TPSA) is 83.6 Å². The molecule has 0 spiro atoms. The van der Waals surface area contributed by atoms with Gasteiger partial charge in [0.2, 0.25) is 5.91 Å². The van der Waals surface area contributed by atoms with E-state index >= 15 is 0 Å². The number of aliphatic carboxylic acids is 1. The Balaban J connectivity index is 2.02. The molecule has 1 unspecified atom stereocenters. The number of carbonyl (C=O) groups excluding carboxylic acids is 1. The number of likely N-dealkylation sites (tertiary alicyclic amines) is 1. The summed E-state index contributed by atoms with van der Waals surface area (Å²) in [5.41, 5.74) is 6.90. The van der Waals surface area contributed by atoms with Crippen molar-refractivity contribution in [1.29, 1.82) is 0 Å². The summed E-state index contributed by atoms with van der Waals surface area (Å²) in [6, 6.07) is 19.4. The third kappa shape index (κ3) is 3.35. The van der Waals surface area contributed by atoms with E-state index in [9.17, 15) is 9.59 Å². The Morgan fingerprint density at radius 1 is 1.04 bits per heavy atom. The average molecular weight is 352 g/mol. The maximum Gasteiger partial charge on any atom is 0.304 e. The maximum absolute atomic E-state index is 12.9. The van der Waals surface area contributed by atoms with Crippen molar-refractivity contribution >= 4 is 11.9 Å². The Bertz CT molecular complexity index is 722. The van der Waals surface area contributed by atoms with E-state index in [1.807, 2.05) is 60.7 Å². The molecule has 1 heterocycles. The third-order valence-electron chi connectivity index (χ3n) is 5.37. The number of primary amides is 1. The van der Waals surface area contributed by atoms with Crippen LogP contribution in [0.15, 0.2) is 60.7 Å². The van der Waals surface area contributed by atoms with E-state index in [1.54, 1.807) is 0 Å². The molecule has 1 aliphatic rings. The summed E-state index contributed by atoms with van der Waals surface area (Å²) >= 11 is 0. The number of carboxylic acids is 1. The summed E-state index contributed by atoms with van der Waals surface area (Å²) < 4.78 is 0. The lowest BCUT2D eigenvalue weighted by molar-refractivity contribution is -0.137. The van der Waals surface area contributed by atoms with Crippen LogP contribution >= 0.6 is 0 Å². The van der Waals surface area contributed by atoms with Gasteiger partial charge in [-0.3, -0.25) is 9.59 Å². The molecular weight excluding hydrogens is 328 g/mol. The lowest BCUT2D eigenvalue weighted by atomic mass is 9.64. The fraction of sp³-hybridized carbons (Fsp3) is 0.333. The normalized spacial score (nSPS) is 17.9. The van der Waals surface area contributed by atoms with Gasteiger partial charge in [0.25, 0.3) is 0 Å². The lowest BCUT2D eigenvalue weighted by Gasteiger charge is -2.37. The van der Waals surface area contributed by atoms with Gasteiger partial charge < -0.3 is 15.7 Å². The number of carboxylic acid groups (broad SMARTS) is 1. The molecule has 5 nitrogen and oxygen atoms in total. The molecule has 2 aromatic carbocycles. The number of nitrogens with two attached hydrogens (primary N) is 1. The van der Waals surface area contributed by atoms with Gasteiger partial charge in [-0.2, -0.15) is 0 Å². The van der Waals surface area contributed by atoms with Crippen molar-refractivity contribution in [3.63, 3.8) is 0 Å². The van der Waals surface area contributed by atoms with Crippen LogP contribution in [-0.2, 0) is 15.0 Å². The lowest BCUT2D eigenvalue weighted by Crippen LogP contribution is -2.49. The predicted molar refractivity (Wildman–Crippen MR) is 99.7 cm³/mol. The molecule has 1 aliphatic heterocycles. The second kappa shape index (κ2) is 7.70. The van der Waals surface area contributed by atoms with Crippen LogP contribution in [0, 0.1) is 5.92 Å². The highest BCUT2D eigenvalue weighted by molar-refractivity contribution is 5.91. The third-order valence-corrected chi connectivity index (χ3v) is 5.37. The molecule has 0 saturated carbocycles. The van der Waals surface area contributed by atoms with Crippen molar-refractivity contribution < 1.29 is 14.7 Å². The zero-order chi connectivity index (χ0) is 18.6. The summed E-state index contributed by atoms with van der Waals surface area (Å²) in [6.45, 7) is 1.91. The molecule has 0 aliphatic carbocycles. The van der Waals surface area contributed by atoms with Crippen molar-refractivity contribution in [2.75, 3.05) is 19.6 Å². The highest BCUT2D eigenvalue weighted by Gasteiger charge is 2.49. The van der Waals surface area contributed by atoms with Crippen LogP contribution in [0.3, 0.4) is 0 Å². The van der Waals surface area contributed by atoms with Crippen molar-refractivity contribution in [1.82, 2.24) is 4.90 Å². The Hall–Kier alpha value is -2.66. The van der Waals surface area contributed by atoms with Crippen molar-refractivity contribution in [2.45, 2.75) is 18.3 Å². The summed E-state index contributed by atoms with van der Waals surface area (Å²) in [5.74, 6) is -1.17. The van der Waals surface area contributed by atoms with E-state index in [4.69, 9.17) is 10.8 Å². The van der Waals surface area contributed by atoms with Crippen LogP contribution in [0.1, 0.15) is 24.0 Å². The number of carbonyl (C=O) groups is 2. The first kappa shape index (κ1) is 18.1. The first-order valence-corrected chi connectivity index (χ1v) is 8.90. The van der Waals surface area contributed by atoms with E-state index in [2.05, 4.69) is 4.90 Å². The summed E-state index contributed by atoms with van der Waals surface area (Å²) in [7, 11) is 0. The number of amides is 1. The van der Waals surface area contributed by atoms with E-state index in [0.717, 1.165) is 24.1 Å². The first-order valence-electron chi connectivity index (χ1n) is 8.90. The molecule has 3 rings (SSSR count). The van der Waals surface area contributed by atoms with Crippen LogP contribution in [0.25, 0.3) is 0 Å².